The van der Waals surface area contributed by atoms with Gasteiger partial charge in [-0.2, -0.15) is 4.98 Å². The van der Waals surface area contributed by atoms with Crippen molar-refractivity contribution >= 4 is 17.9 Å². The van der Waals surface area contributed by atoms with Crippen molar-refractivity contribution in [2.45, 2.75) is 45.3 Å². The van der Waals surface area contributed by atoms with Gasteiger partial charge in [-0.1, -0.05) is 25.4 Å². The van der Waals surface area contributed by atoms with Crippen LogP contribution in [0, 0.1) is 5.92 Å². The molecule has 7 N–H and O–H groups in total. The Labute approximate surface area is 138 Å². The molecule has 1 heterocycles. The van der Waals surface area contributed by atoms with E-state index in [1.807, 2.05) is 13.8 Å². The number of carbonyl (C=O) groups is 3. The van der Waals surface area contributed by atoms with Gasteiger partial charge in [0.15, 0.2) is 5.82 Å². The second-order valence-electron chi connectivity index (χ2n) is 5.35. The summed E-state index contributed by atoms with van der Waals surface area (Å²) in [5.41, 5.74) is 10.9. The number of primary amides is 1. The Balaban J connectivity index is 2.54. The largest absolute Gasteiger partial charge is 0.480 e. The zero-order valence-electron chi connectivity index (χ0n) is 13.5. The Bertz CT molecular complexity index is 589. The van der Waals surface area contributed by atoms with Crippen LogP contribution in [0.2, 0.25) is 0 Å². The molecule has 1 aromatic heterocycles. The highest BCUT2D eigenvalue weighted by molar-refractivity contribution is 5.87. The van der Waals surface area contributed by atoms with Crippen molar-refractivity contribution in [3.05, 3.63) is 11.7 Å². The Morgan fingerprint density at radius 3 is 2.58 bits per heavy atom. The van der Waals surface area contributed by atoms with Crippen molar-refractivity contribution in [1.29, 1.82) is 0 Å². The lowest BCUT2D eigenvalue weighted by atomic mass is 10.00. The topological polar surface area (TPSA) is 186 Å². The fourth-order valence-corrected chi connectivity index (χ4v) is 1.75. The van der Waals surface area contributed by atoms with Crippen LogP contribution in [0.5, 0.6) is 0 Å². The average Bonchev–Trinajstić information content (AvgIpc) is 2.99. The van der Waals surface area contributed by atoms with Gasteiger partial charge in [0.2, 0.25) is 11.8 Å². The Morgan fingerprint density at radius 1 is 1.38 bits per heavy atom. The van der Waals surface area contributed by atoms with Crippen molar-refractivity contribution in [3.63, 3.8) is 0 Å². The summed E-state index contributed by atoms with van der Waals surface area (Å²) in [7, 11) is 0. The molecule has 11 nitrogen and oxygen atoms in total. The summed E-state index contributed by atoms with van der Waals surface area (Å²) >= 11 is 0. The zero-order valence-corrected chi connectivity index (χ0v) is 13.5. The third-order valence-electron chi connectivity index (χ3n) is 3.45. The van der Waals surface area contributed by atoms with Gasteiger partial charge < -0.3 is 31.7 Å². The number of urea groups is 1. The molecule has 0 fully saturated rings. The number of carboxylic acid groups (broad SMARTS) is 1. The second kappa shape index (κ2) is 8.82. The molecule has 3 atom stereocenters. The monoisotopic (exact) mass is 342 g/mol. The maximum atomic E-state index is 11.7. The number of carbonyl (C=O) groups excluding carboxylic acids is 2. The van der Waals surface area contributed by atoms with Crippen LogP contribution in [0.25, 0.3) is 0 Å². The van der Waals surface area contributed by atoms with E-state index >= 15 is 0 Å². The SMILES string of the molecule is CCC(C)[C@H](N)c1noc(CNC(=O)N[C@@H](CC(N)=O)C(=O)O)n1. The zero-order chi connectivity index (χ0) is 18.3. The first-order valence-corrected chi connectivity index (χ1v) is 7.38. The minimum Gasteiger partial charge on any atom is -0.480 e. The fourth-order valence-electron chi connectivity index (χ4n) is 1.75. The number of nitrogens with two attached hydrogens (primary N) is 2. The number of aliphatic carboxylic acids is 1. The highest BCUT2D eigenvalue weighted by atomic mass is 16.5. The van der Waals surface area contributed by atoms with E-state index in [9.17, 15) is 14.4 Å². The fraction of sp³-hybridized carbons (Fsp3) is 0.615. The minimum atomic E-state index is -1.42. The maximum absolute atomic E-state index is 11.7. The summed E-state index contributed by atoms with van der Waals surface area (Å²) in [5.74, 6) is -1.59. The van der Waals surface area contributed by atoms with Gasteiger partial charge in [0.25, 0.3) is 0 Å². The van der Waals surface area contributed by atoms with Crippen molar-refractivity contribution in [2.75, 3.05) is 0 Å². The Hall–Kier alpha value is -2.69. The van der Waals surface area contributed by atoms with Crippen LogP contribution < -0.4 is 22.1 Å². The average molecular weight is 342 g/mol. The Kier molecular flexibility index (Phi) is 7.11. The molecule has 11 heteroatoms. The summed E-state index contributed by atoms with van der Waals surface area (Å²) in [6, 6.07) is -2.61. The van der Waals surface area contributed by atoms with Gasteiger partial charge in [-0.3, -0.25) is 4.79 Å². The van der Waals surface area contributed by atoms with Gasteiger partial charge in [0.05, 0.1) is 19.0 Å². The molecule has 0 radical (unpaired) electrons. The third kappa shape index (κ3) is 5.83. The number of hydrogen-bond acceptors (Lipinski definition) is 7. The molecule has 1 rings (SSSR count). The lowest BCUT2D eigenvalue weighted by molar-refractivity contribution is -0.140. The first-order chi connectivity index (χ1) is 11.2. The predicted molar refractivity (Wildman–Crippen MR) is 81.3 cm³/mol. The van der Waals surface area contributed by atoms with Gasteiger partial charge in [-0.05, 0) is 5.92 Å². The highest BCUT2D eigenvalue weighted by Gasteiger charge is 2.23. The molecule has 0 bridgehead atoms. The van der Waals surface area contributed by atoms with Crippen molar-refractivity contribution in [3.8, 4) is 0 Å². The molecular weight excluding hydrogens is 320 g/mol. The van der Waals surface area contributed by atoms with Gasteiger partial charge in [-0.15, -0.1) is 0 Å². The van der Waals surface area contributed by atoms with Gasteiger partial charge in [-0.25, -0.2) is 9.59 Å². The number of amides is 3. The summed E-state index contributed by atoms with van der Waals surface area (Å²) in [6.07, 6.45) is 0.333. The molecule has 0 aliphatic rings. The van der Waals surface area contributed by atoms with E-state index < -0.39 is 30.4 Å². The summed E-state index contributed by atoms with van der Waals surface area (Å²) in [6.45, 7) is 3.83. The van der Waals surface area contributed by atoms with E-state index in [2.05, 4.69) is 20.8 Å². The number of rotatable bonds is 9. The second-order valence-corrected chi connectivity index (χ2v) is 5.35. The van der Waals surface area contributed by atoms with Crippen LogP contribution in [-0.4, -0.2) is 39.2 Å². The molecule has 24 heavy (non-hydrogen) atoms. The summed E-state index contributed by atoms with van der Waals surface area (Å²) in [4.78, 5) is 37.4. The molecule has 0 aliphatic heterocycles. The van der Waals surface area contributed by atoms with Crippen LogP contribution in [0.1, 0.15) is 44.4 Å². The number of nitrogens with zero attached hydrogens (tertiary/aromatic N) is 2. The van der Waals surface area contributed by atoms with Crippen molar-refractivity contribution < 1.29 is 24.0 Å². The van der Waals surface area contributed by atoms with E-state index in [0.29, 0.717) is 5.82 Å². The summed E-state index contributed by atoms with van der Waals surface area (Å²) in [5, 5.41) is 17.1. The van der Waals surface area contributed by atoms with Gasteiger partial charge in [0.1, 0.15) is 6.04 Å². The van der Waals surface area contributed by atoms with Crippen LogP contribution in [-0.2, 0) is 16.1 Å². The molecule has 1 aromatic rings. The molecule has 0 aliphatic carbocycles. The lowest BCUT2D eigenvalue weighted by Gasteiger charge is -2.13. The first-order valence-electron chi connectivity index (χ1n) is 7.38. The molecule has 1 unspecified atom stereocenters. The molecule has 0 saturated carbocycles. The minimum absolute atomic E-state index is 0.116. The van der Waals surface area contributed by atoms with E-state index in [1.54, 1.807) is 0 Å². The van der Waals surface area contributed by atoms with Crippen LogP contribution in [0.3, 0.4) is 0 Å². The van der Waals surface area contributed by atoms with Crippen LogP contribution in [0.15, 0.2) is 4.52 Å². The molecule has 0 aromatic carbocycles. The van der Waals surface area contributed by atoms with Gasteiger partial charge >= 0.3 is 12.0 Å². The third-order valence-corrected chi connectivity index (χ3v) is 3.45. The van der Waals surface area contributed by atoms with E-state index in [1.165, 1.54) is 0 Å². The Morgan fingerprint density at radius 2 is 2.04 bits per heavy atom. The maximum Gasteiger partial charge on any atom is 0.326 e. The van der Waals surface area contributed by atoms with Crippen molar-refractivity contribution in [2.24, 2.45) is 17.4 Å². The number of carboxylic acids is 1. The van der Waals surface area contributed by atoms with E-state index in [0.717, 1.165) is 6.42 Å². The smallest absolute Gasteiger partial charge is 0.326 e. The predicted octanol–water partition coefficient (Wildman–Crippen LogP) is -0.757. The molecule has 134 valence electrons. The number of nitrogens with one attached hydrogen (secondary N) is 2. The van der Waals surface area contributed by atoms with E-state index in [4.69, 9.17) is 21.1 Å². The molecule has 0 saturated heterocycles. The highest BCUT2D eigenvalue weighted by Crippen LogP contribution is 2.18. The molecule has 0 spiro atoms. The first kappa shape index (κ1) is 19.4. The molecular formula is C13H22N6O5. The van der Waals surface area contributed by atoms with E-state index in [-0.39, 0.29) is 24.4 Å². The molecule has 3 amide bonds. The van der Waals surface area contributed by atoms with Gasteiger partial charge in [0, 0.05) is 0 Å². The van der Waals surface area contributed by atoms with Crippen molar-refractivity contribution in [1.82, 2.24) is 20.8 Å². The van der Waals surface area contributed by atoms with Crippen LogP contribution in [0.4, 0.5) is 4.79 Å². The number of hydrogen-bond donors (Lipinski definition) is 5. The summed E-state index contributed by atoms with van der Waals surface area (Å²) < 4.78 is 4.97. The lowest BCUT2D eigenvalue weighted by Crippen LogP contribution is -2.47. The standard InChI is InChI=1S/C13H22N6O5/c1-3-6(2)10(15)11-18-9(24-19-11)5-16-13(23)17-7(12(21)22)4-8(14)20/h6-7,10H,3-5,15H2,1-2H3,(H2,14,20)(H,21,22)(H2,16,17,23)/t6?,7-,10-/m0/s1. The number of aromatic nitrogens is 2. The quantitative estimate of drug-likeness (QED) is 0.387. The van der Waals surface area contributed by atoms with Crippen LogP contribution >= 0.6 is 0 Å². The normalized spacial score (nSPS) is 14.5.